The summed E-state index contributed by atoms with van der Waals surface area (Å²) in [5, 5.41) is 1.28. The molecule has 0 spiro atoms. The van der Waals surface area contributed by atoms with Crippen LogP contribution in [0.1, 0.15) is 12.8 Å². The minimum atomic E-state index is 0.310. The molecule has 1 aliphatic heterocycles. The zero-order valence-corrected chi connectivity index (χ0v) is 10.2. The zero-order valence-electron chi connectivity index (χ0n) is 8.65. The van der Waals surface area contributed by atoms with Crippen LogP contribution in [0.2, 0.25) is 5.02 Å². The molecule has 0 saturated carbocycles. The van der Waals surface area contributed by atoms with Crippen LogP contribution >= 0.6 is 23.4 Å². The van der Waals surface area contributed by atoms with Gasteiger partial charge in [0, 0.05) is 12.4 Å². The van der Waals surface area contributed by atoms with Gasteiger partial charge in [-0.3, -0.25) is 5.43 Å². The lowest BCUT2D eigenvalue weighted by Gasteiger charge is -2.09. The normalized spacial score (nSPS) is 20.0. The maximum atomic E-state index is 5.98. The van der Waals surface area contributed by atoms with Crippen LogP contribution in [0.25, 0.3) is 0 Å². The van der Waals surface area contributed by atoms with Crippen LogP contribution in [0.4, 0.5) is 5.95 Å². The number of halogens is 1. The van der Waals surface area contributed by atoms with Crippen LogP contribution in [0, 0.1) is 0 Å². The third kappa shape index (κ3) is 2.98. The molecule has 0 aromatic carbocycles. The first-order chi connectivity index (χ1) is 7.79. The van der Waals surface area contributed by atoms with Gasteiger partial charge in [-0.2, -0.15) is 0 Å². The van der Waals surface area contributed by atoms with Crippen LogP contribution in [0.5, 0.6) is 0 Å². The van der Waals surface area contributed by atoms with Crippen molar-refractivity contribution in [2.75, 3.05) is 17.8 Å². The van der Waals surface area contributed by atoms with E-state index in [1.807, 2.05) is 0 Å². The van der Waals surface area contributed by atoms with Gasteiger partial charge >= 0.3 is 0 Å². The highest BCUT2D eigenvalue weighted by molar-refractivity contribution is 7.99. The summed E-state index contributed by atoms with van der Waals surface area (Å²) < 4.78 is 5.52. The second-order valence-electron chi connectivity index (χ2n) is 3.44. The third-order valence-electron chi connectivity index (χ3n) is 2.27. The lowest BCUT2D eigenvalue weighted by atomic mass is 10.3. The smallest absolute Gasteiger partial charge is 0.238 e. The fraction of sp³-hybridized carbons (Fsp3) is 0.556. The van der Waals surface area contributed by atoms with E-state index >= 15 is 0 Å². The Morgan fingerprint density at radius 1 is 1.69 bits per heavy atom. The number of rotatable bonds is 4. The Labute approximate surface area is 103 Å². The summed E-state index contributed by atoms with van der Waals surface area (Å²) in [5.74, 6) is 6.47. The SMILES string of the molecule is NNc1ncc(Cl)c(SCC2CCCO2)n1. The van der Waals surface area contributed by atoms with E-state index in [0.717, 1.165) is 30.2 Å². The van der Waals surface area contributed by atoms with Crippen molar-refractivity contribution < 1.29 is 4.74 Å². The van der Waals surface area contributed by atoms with Crippen molar-refractivity contribution in [3.8, 4) is 0 Å². The van der Waals surface area contributed by atoms with Gasteiger partial charge < -0.3 is 4.74 Å². The minimum Gasteiger partial charge on any atom is -0.377 e. The van der Waals surface area contributed by atoms with Crippen LogP contribution in [-0.2, 0) is 4.74 Å². The van der Waals surface area contributed by atoms with Crippen LogP contribution in [-0.4, -0.2) is 28.4 Å². The number of hydrogen-bond acceptors (Lipinski definition) is 6. The largest absolute Gasteiger partial charge is 0.377 e. The predicted octanol–water partition coefficient (Wildman–Crippen LogP) is 1.69. The van der Waals surface area contributed by atoms with Gasteiger partial charge in [0.05, 0.1) is 17.3 Å². The molecule has 1 fully saturated rings. The van der Waals surface area contributed by atoms with Gasteiger partial charge in [-0.05, 0) is 12.8 Å². The quantitative estimate of drug-likeness (QED) is 0.371. The molecule has 2 rings (SSSR count). The van der Waals surface area contributed by atoms with E-state index in [0.29, 0.717) is 17.1 Å². The standard InChI is InChI=1S/C9H13ClN4OS/c10-7-4-12-9(14-11)13-8(7)16-5-6-2-1-3-15-6/h4,6H,1-3,5,11H2,(H,12,13,14). The number of nitrogen functional groups attached to an aromatic ring is 1. The summed E-state index contributed by atoms with van der Waals surface area (Å²) in [5.41, 5.74) is 2.40. The average molecular weight is 261 g/mol. The maximum Gasteiger partial charge on any atom is 0.238 e. The number of hydrogen-bond donors (Lipinski definition) is 2. The van der Waals surface area contributed by atoms with Gasteiger partial charge in [-0.15, -0.1) is 11.8 Å². The zero-order chi connectivity index (χ0) is 11.4. The van der Waals surface area contributed by atoms with E-state index in [1.54, 1.807) is 18.0 Å². The van der Waals surface area contributed by atoms with Crippen molar-refractivity contribution in [1.29, 1.82) is 0 Å². The van der Waals surface area contributed by atoms with Gasteiger partial charge in [0.15, 0.2) is 0 Å². The maximum absolute atomic E-state index is 5.98. The highest BCUT2D eigenvalue weighted by Gasteiger charge is 2.17. The van der Waals surface area contributed by atoms with Crippen LogP contribution in [0.3, 0.4) is 0 Å². The molecule has 0 bridgehead atoms. The molecule has 1 unspecified atom stereocenters. The molecule has 3 N–H and O–H groups in total. The number of nitrogens with two attached hydrogens (primary N) is 1. The van der Waals surface area contributed by atoms with Crippen molar-refractivity contribution in [2.45, 2.75) is 24.0 Å². The Kier molecular flexibility index (Phi) is 4.22. The molecule has 0 radical (unpaired) electrons. The first-order valence-corrected chi connectivity index (χ1v) is 6.39. The first kappa shape index (κ1) is 11.9. The van der Waals surface area contributed by atoms with Crippen molar-refractivity contribution in [3.05, 3.63) is 11.2 Å². The number of nitrogens with one attached hydrogen (secondary N) is 1. The molecule has 1 aliphatic rings. The minimum absolute atomic E-state index is 0.310. The molecule has 7 heteroatoms. The highest BCUT2D eigenvalue weighted by atomic mass is 35.5. The Morgan fingerprint density at radius 2 is 2.56 bits per heavy atom. The van der Waals surface area contributed by atoms with E-state index in [-0.39, 0.29) is 0 Å². The number of ether oxygens (including phenoxy) is 1. The van der Waals surface area contributed by atoms with Crippen molar-refractivity contribution in [2.24, 2.45) is 5.84 Å². The van der Waals surface area contributed by atoms with Crippen molar-refractivity contribution in [1.82, 2.24) is 9.97 Å². The number of nitrogens with zero attached hydrogens (tertiary/aromatic N) is 2. The van der Waals surface area contributed by atoms with Gasteiger partial charge in [-0.25, -0.2) is 15.8 Å². The van der Waals surface area contributed by atoms with Crippen LogP contribution < -0.4 is 11.3 Å². The fourth-order valence-electron chi connectivity index (χ4n) is 1.47. The highest BCUT2D eigenvalue weighted by Crippen LogP contribution is 2.28. The van der Waals surface area contributed by atoms with Gasteiger partial charge in [0.1, 0.15) is 5.03 Å². The second kappa shape index (κ2) is 5.67. The summed E-state index contributed by atoms with van der Waals surface area (Å²) in [7, 11) is 0. The number of thioether (sulfide) groups is 1. The monoisotopic (exact) mass is 260 g/mol. The molecule has 0 aliphatic carbocycles. The molecule has 1 aromatic rings. The van der Waals surface area contributed by atoms with Crippen LogP contribution in [0.15, 0.2) is 11.2 Å². The number of anilines is 1. The topological polar surface area (TPSA) is 73.1 Å². The molecular formula is C9H13ClN4OS. The van der Waals surface area contributed by atoms with E-state index in [4.69, 9.17) is 22.2 Å². The second-order valence-corrected chi connectivity index (χ2v) is 4.85. The van der Waals surface area contributed by atoms with Gasteiger partial charge in [-0.1, -0.05) is 11.6 Å². The Morgan fingerprint density at radius 3 is 3.25 bits per heavy atom. The molecular weight excluding hydrogens is 248 g/mol. The lowest BCUT2D eigenvalue weighted by molar-refractivity contribution is 0.129. The predicted molar refractivity (Wildman–Crippen MR) is 64.6 cm³/mol. The van der Waals surface area contributed by atoms with Crippen molar-refractivity contribution >= 4 is 29.3 Å². The summed E-state index contributed by atoms with van der Waals surface area (Å²) in [6.07, 6.45) is 4.10. The number of aromatic nitrogens is 2. The van der Waals surface area contributed by atoms with Crippen molar-refractivity contribution in [3.63, 3.8) is 0 Å². The molecule has 0 amide bonds. The van der Waals surface area contributed by atoms with Gasteiger partial charge in [0.25, 0.3) is 0 Å². The molecule has 88 valence electrons. The summed E-state index contributed by atoms with van der Waals surface area (Å²) >= 11 is 7.55. The molecule has 1 atom stereocenters. The molecule has 1 saturated heterocycles. The van der Waals surface area contributed by atoms with E-state index in [9.17, 15) is 0 Å². The van der Waals surface area contributed by atoms with E-state index in [1.165, 1.54) is 0 Å². The number of hydrazine groups is 1. The molecule has 16 heavy (non-hydrogen) atoms. The van der Waals surface area contributed by atoms with Gasteiger partial charge in [0.2, 0.25) is 5.95 Å². The van der Waals surface area contributed by atoms with E-state index in [2.05, 4.69) is 15.4 Å². The first-order valence-electron chi connectivity index (χ1n) is 5.03. The summed E-state index contributed by atoms with van der Waals surface area (Å²) in [6, 6.07) is 0. The summed E-state index contributed by atoms with van der Waals surface area (Å²) in [6.45, 7) is 0.859. The Bertz CT molecular complexity index is 359. The lowest BCUT2D eigenvalue weighted by Crippen LogP contribution is -2.11. The van der Waals surface area contributed by atoms with E-state index < -0.39 is 0 Å². The molecule has 2 heterocycles. The Hall–Kier alpha value is -0.560. The Balaban J connectivity index is 1.96. The molecule has 5 nitrogen and oxygen atoms in total. The third-order valence-corrected chi connectivity index (χ3v) is 3.78. The summed E-state index contributed by atoms with van der Waals surface area (Å²) in [4.78, 5) is 8.09. The molecule has 1 aromatic heterocycles. The average Bonchev–Trinajstić information content (AvgIpc) is 2.81. The fourth-order valence-corrected chi connectivity index (χ4v) is 2.67.